The third-order valence-electron chi connectivity index (χ3n) is 2.74. The molecular weight excluding hydrogens is 256 g/mol. The van der Waals surface area contributed by atoms with Crippen molar-refractivity contribution in [2.24, 2.45) is 0 Å². The fourth-order valence-electron chi connectivity index (χ4n) is 1.76. The summed E-state index contributed by atoms with van der Waals surface area (Å²) in [6, 6.07) is 4.55. The quantitative estimate of drug-likeness (QED) is 0.835. The van der Waals surface area contributed by atoms with E-state index in [1.807, 2.05) is 12.1 Å². The van der Waals surface area contributed by atoms with Gasteiger partial charge in [0.05, 0.1) is 13.2 Å². The van der Waals surface area contributed by atoms with E-state index >= 15 is 0 Å². The van der Waals surface area contributed by atoms with Crippen LogP contribution in [-0.2, 0) is 0 Å². The van der Waals surface area contributed by atoms with E-state index in [1.165, 1.54) is 12.8 Å². The molecule has 0 unspecified atom stereocenters. The second-order valence-corrected chi connectivity index (χ2v) is 4.71. The number of aromatic nitrogens is 2. The predicted octanol–water partition coefficient (Wildman–Crippen LogP) is 3.14. The Morgan fingerprint density at radius 2 is 2.27 bits per heavy atom. The van der Waals surface area contributed by atoms with Crippen LogP contribution >= 0.6 is 15.9 Å². The molecule has 1 aromatic heterocycles. The topological polar surface area (TPSA) is 27.1 Å². The Bertz CT molecular complexity index is 517. The van der Waals surface area contributed by atoms with E-state index in [9.17, 15) is 0 Å². The number of rotatable bonds is 2. The minimum atomic E-state index is 0.606. The van der Waals surface area contributed by atoms with E-state index in [0.29, 0.717) is 6.04 Å². The minimum Gasteiger partial charge on any atom is -0.494 e. The van der Waals surface area contributed by atoms with Gasteiger partial charge in [-0.2, -0.15) is 5.10 Å². The van der Waals surface area contributed by atoms with Gasteiger partial charge in [0.25, 0.3) is 0 Å². The Balaban J connectivity index is 2.25. The highest BCUT2D eigenvalue weighted by atomic mass is 79.9. The van der Waals surface area contributed by atoms with Gasteiger partial charge in [0, 0.05) is 16.1 Å². The summed E-state index contributed by atoms with van der Waals surface area (Å²) in [5.74, 6) is 0.840. The number of halogens is 1. The SMILES string of the molecule is COc1ccc(Br)c2cn(C3CC3)nc12. The minimum absolute atomic E-state index is 0.606. The lowest BCUT2D eigenvalue weighted by Gasteiger charge is -2.00. The Morgan fingerprint density at radius 3 is 2.93 bits per heavy atom. The van der Waals surface area contributed by atoms with Crippen LogP contribution in [0.1, 0.15) is 18.9 Å². The lowest BCUT2D eigenvalue weighted by molar-refractivity contribution is 0.418. The van der Waals surface area contributed by atoms with E-state index in [-0.39, 0.29) is 0 Å². The Hall–Kier alpha value is -1.03. The van der Waals surface area contributed by atoms with Crippen molar-refractivity contribution in [3.8, 4) is 5.75 Å². The molecule has 78 valence electrons. The summed E-state index contributed by atoms with van der Waals surface area (Å²) in [6.07, 6.45) is 4.58. The molecular formula is C11H11BrN2O. The molecule has 0 N–H and O–H groups in total. The number of hydrogen-bond acceptors (Lipinski definition) is 2. The van der Waals surface area contributed by atoms with Crippen molar-refractivity contribution < 1.29 is 4.74 Å². The molecule has 2 aromatic rings. The van der Waals surface area contributed by atoms with Crippen molar-refractivity contribution in [3.05, 3.63) is 22.8 Å². The predicted molar refractivity (Wildman–Crippen MR) is 62.3 cm³/mol. The average molecular weight is 267 g/mol. The van der Waals surface area contributed by atoms with Gasteiger partial charge in [-0.15, -0.1) is 0 Å². The van der Waals surface area contributed by atoms with Crippen LogP contribution in [0.3, 0.4) is 0 Å². The molecule has 0 amide bonds. The van der Waals surface area contributed by atoms with Gasteiger partial charge in [0.2, 0.25) is 0 Å². The third kappa shape index (κ3) is 1.44. The Kier molecular flexibility index (Phi) is 1.99. The van der Waals surface area contributed by atoms with Crippen molar-refractivity contribution in [1.29, 1.82) is 0 Å². The molecule has 3 nitrogen and oxygen atoms in total. The number of nitrogens with zero attached hydrogens (tertiary/aromatic N) is 2. The van der Waals surface area contributed by atoms with Crippen LogP contribution in [0.5, 0.6) is 5.75 Å². The van der Waals surface area contributed by atoms with Crippen LogP contribution in [0.15, 0.2) is 22.8 Å². The van der Waals surface area contributed by atoms with Crippen LogP contribution in [0.25, 0.3) is 10.9 Å². The number of hydrogen-bond donors (Lipinski definition) is 0. The van der Waals surface area contributed by atoms with Crippen LogP contribution in [0, 0.1) is 0 Å². The van der Waals surface area contributed by atoms with Crippen molar-refractivity contribution in [2.45, 2.75) is 18.9 Å². The highest BCUT2D eigenvalue weighted by Gasteiger charge is 2.25. The third-order valence-corrected chi connectivity index (χ3v) is 3.44. The summed E-state index contributed by atoms with van der Waals surface area (Å²) in [4.78, 5) is 0. The summed E-state index contributed by atoms with van der Waals surface area (Å²) in [7, 11) is 1.68. The molecule has 1 saturated carbocycles. The number of fused-ring (bicyclic) bond motifs is 1. The first-order valence-electron chi connectivity index (χ1n) is 5.01. The first-order chi connectivity index (χ1) is 7.29. The highest BCUT2D eigenvalue weighted by molar-refractivity contribution is 9.10. The van der Waals surface area contributed by atoms with E-state index in [1.54, 1.807) is 7.11 Å². The van der Waals surface area contributed by atoms with E-state index in [2.05, 4.69) is 31.9 Å². The monoisotopic (exact) mass is 266 g/mol. The molecule has 0 bridgehead atoms. The normalized spacial score (nSPS) is 15.9. The van der Waals surface area contributed by atoms with Crippen LogP contribution in [-0.4, -0.2) is 16.9 Å². The molecule has 0 aliphatic heterocycles. The second-order valence-electron chi connectivity index (χ2n) is 3.85. The zero-order chi connectivity index (χ0) is 10.4. The summed E-state index contributed by atoms with van der Waals surface area (Å²) in [5, 5.41) is 5.69. The van der Waals surface area contributed by atoms with Crippen LogP contribution in [0.2, 0.25) is 0 Å². The molecule has 0 atom stereocenters. The zero-order valence-electron chi connectivity index (χ0n) is 8.40. The van der Waals surface area contributed by atoms with Gasteiger partial charge in [-0.25, -0.2) is 0 Å². The summed E-state index contributed by atoms with van der Waals surface area (Å²) in [5.41, 5.74) is 0.943. The van der Waals surface area contributed by atoms with Gasteiger partial charge in [-0.05, 0) is 25.0 Å². The van der Waals surface area contributed by atoms with Crippen molar-refractivity contribution in [2.75, 3.05) is 7.11 Å². The van der Waals surface area contributed by atoms with E-state index in [4.69, 9.17) is 4.74 Å². The molecule has 1 aromatic carbocycles. The maximum absolute atomic E-state index is 5.30. The maximum Gasteiger partial charge on any atom is 0.147 e. The van der Waals surface area contributed by atoms with Gasteiger partial charge in [-0.1, -0.05) is 15.9 Å². The first-order valence-corrected chi connectivity index (χ1v) is 5.80. The molecule has 1 fully saturated rings. The molecule has 0 spiro atoms. The van der Waals surface area contributed by atoms with Crippen molar-refractivity contribution in [3.63, 3.8) is 0 Å². The smallest absolute Gasteiger partial charge is 0.147 e. The standard InChI is InChI=1S/C11H11BrN2O/c1-15-10-5-4-9(12)8-6-14(7-2-3-7)13-11(8)10/h4-7H,2-3H2,1H3. The average Bonchev–Trinajstić information content (AvgIpc) is 2.99. The van der Waals surface area contributed by atoms with Gasteiger partial charge in [0.1, 0.15) is 11.3 Å². The van der Waals surface area contributed by atoms with Gasteiger partial charge in [-0.3, -0.25) is 4.68 Å². The lowest BCUT2D eigenvalue weighted by atomic mass is 10.2. The number of ether oxygens (including phenoxy) is 1. The first kappa shape index (κ1) is 9.21. The fraction of sp³-hybridized carbons (Fsp3) is 0.364. The molecule has 1 aliphatic rings. The maximum atomic E-state index is 5.30. The summed E-state index contributed by atoms with van der Waals surface area (Å²) < 4.78 is 8.43. The lowest BCUT2D eigenvalue weighted by Crippen LogP contribution is -1.93. The van der Waals surface area contributed by atoms with Crippen LogP contribution in [0.4, 0.5) is 0 Å². The van der Waals surface area contributed by atoms with Crippen molar-refractivity contribution in [1.82, 2.24) is 9.78 Å². The summed E-state index contributed by atoms with van der Waals surface area (Å²) >= 11 is 3.53. The van der Waals surface area contributed by atoms with E-state index < -0.39 is 0 Å². The van der Waals surface area contributed by atoms with E-state index in [0.717, 1.165) is 21.1 Å². The molecule has 1 aliphatic carbocycles. The summed E-state index contributed by atoms with van der Waals surface area (Å²) in [6.45, 7) is 0. The fourth-order valence-corrected chi connectivity index (χ4v) is 2.18. The number of benzene rings is 1. The molecule has 1 heterocycles. The molecule has 3 rings (SSSR count). The number of methoxy groups -OCH3 is 1. The largest absolute Gasteiger partial charge is 0.494 e. The van der Waals surface area contributed by atoms with Crippen molar-refractivity contribution >= 4 is 26.8 Å². The second kappa shape index (κ2) is 3.23. The zero-order valence-corrected chi connectivity index (χ0v) is 9.99. The molecule has 4 heteroatoms. The Morgan fingerprint density at radius 1 is 1.47 bits per heavy atom. The van der Waals surface area contributed by atoms with Gasteiger partial charge >= 0.3 is 0 Å². The van der Waals surface area contributed by atoms with Crippen LogP contribution < -0.4 is 4.74 Å². The van der Waals surface area contributed by atoms with Gasteiger partial charge in [0.15, 0.2) is 0 Å². The highest BCUT2D eigenvalue weighted by Crippen LogP contribution is 2.38. The molecule has 15 heavy (non-hydrogen) atoms. The van der Waals surface area contributed by atoms with Gasteiger partial charge < -0.3 is 4.74 Å². The Labute approximate surface area is 96.2 Å². The molecule has 0 radical (unpaired) electrons. The molecule has 0 saturated heterocycles.